The molecular weight excluding hydrogens is 289 g/mol. The zero-order valence-electron chi connectivity index (χ0n) is 10.4. The van der Waals surface area contributed by atoms with Crippen molar-refractivity contribution in [1.82, 2.24) is 0 Å². The molecule has 0 rings (SSSR count). The van der Waals surface area contributed by atoms with Gasteiger partial charge in [-0.05, 0) is 34.0 Å². The van der Waals surface area contributed by atoms with E-state index in [1.807, 2.05) is 0 Å². The summed E-state index contributed by atoms with van der Waals surface area (Å²) in [6.45, 7) is 6.03. The molecule has 0 spiro atoms. The van der Waals surface area contributed by atoms with E-state index in [1.54, 1.807) is 0 Å². The Morgan fingerprint density at radius 1 is 1.24 bits per heavy atom. The maximum absolute atomic E-state index is 13.9. The van der Waals surface area contributed by atoms with E-state index in [1.165, 1.54) is 34.0 Å². The van der Waals surface area contributed by atoms with Crippen LogP contribution in [0, 0.1) is 0 Å². The molecule has 0 aliphatic carbocycles. The van der Waals surface area contributed by atoms with Crippen LogP contribution in [0.1, 0.15) is 27.7 Å². The van der Waals surface area contributed by atoms with Gasteiger partial charge in [-0.15, -0.1) is 11.8 Å². The monoisotopic (exact) mass is 306 g/mol. The molecule has 0 atom stereocenters. The van der Waals surface area contributed by atoms with Gasteiger partial charge in [0, 0.05) is 0 Å². The summed E-state index contributed by atoms with van der Waals surface area (Å²) in [4.78, 5) is 0. The Morgan fingerprint density at radius 3 is 1.82 bits per heavy atom. The molecule has 0 radical (unpaired) electrons. The van der Waals surface area contributed by atoms with Crippen molar-refractivity contribution >= 4 is 35.8 Å². The number of thiocarbonyl (C=S) groups is 1. The van der Waals surface area contributed by atoms with Gasteiger partial charge in [0.2, 0.25) is 0 Å². The third-order valence-corrected chi connectivity index (χ3v) is 5.47. The summed E-state index contributed by atoms with van der Waals surface area (Å²) in [6, 6.07) is 0. The van der Waals surface area contributed by atoms with Crippen LogP contribution in [0.3, 0.4) is 0 Å². The summed E-state index contributed by atoms with van der Waals surface area (Å²) in [5.74, 6) is 0. The van der Waals surface area contributed by atoms with Gasteiger partial charge in [-0.2, -0.15) is 8.78 Å². The van der Waals surface area contributed by atoms with Gasteiger partial charge < -0.3 is 9.05 Å². The maximum Gasteiger partial charge on any atom is 0.406 e. The molecule has 8 heteroatoms. The molecular formula is C9H17F2O3PS2. The second-order valence-electron chi connectivity index (χ2n) is 3.84. The minimum atomic E-state index is -4.60. The summed E-state index contributed by atoms with van der Waals surface area (Å²) in [6.07, 6.45) is 0.107. The van der Waals surface area contributed by atoms with Gasteiger partial charge in [-0.1, -0.05) is 12.2 Å². The number of halogens is 2. The summed E-state index contributed by atoms with van der Waals surface area (Å²) in [7, 11) is -4.60. The molecule has 0 aliphatic heterocycles. The highest BCUT2D eigenvalue weighted by molar-refractivity contribution is 8.23. The van der Waals surface area contributed by atoms with Crippen LogP contribution in [0.25, 0.3) is 0 Å². The Bertz CT molecular complexity index is 307. The highest BCUT2D eigenvalue weighted by Crippen LogP contribution is 2.64. The van der Waals surface area contributed by atoms with Crippen LogP contribution in [-0.2, 0) is 13.6 Å². The Balaban J connectivity index is 5.30. The van der Waals surface area contributed by atoms with Crippen LogP contribution in [0.4, 0.5) is 8.78 Å². The van der Waals surface area contributed by atoms with Crippen molar-refractivity contribution in [1.29, 1.82) is 0 Å². The summed E-state index contributed by atoms with van der Waals surface area (Å²) >= 11 is 5.19. The molecule has 0 N–H and O–H groups in total. The Hall–Kier alpha value is 0.450. The first-order valence-electron chi connectivity index (χ1n) is 5.00. The number of hydrogen-bond acceptors (Lipinski definition) is 5. The topological polar surface area (TPSA) is 35.5 Å². The number of thioether (sulfide) groups is 1. The molecule has 0 aromatic rings. The number of hydrogen-bond donors (Lipinski definition) is 0. The standard InChI is InChI=1S/C9H17F2O3PS2/c1-6(2)13-15(12,14-7(3)4)9(10,11)8(16)17-5/h6-7H,1-5H3. The predicted molar refractivity (Wildman–Crippen MR) is 71.1 cm³/mol. The van der Waals surface area contributed by atoms with Crippen LogP contribution in [0.2, 0.25) is 0 Å². The lowest BCUT2D eigenvalue weighted by molar-refractivity contribution is 0.0662. The van der Waals surface area contributed by atoms with Crippen molar-refractivity contribution in [2.75, 3.05) is 6.26 Å². The molecule has 0 amide bonds. The first-order valence-corrected chi connectivity index (χ1v) is 8.17. The van der Waals surface area contributed by atoms with Crippen LogP contribution in [-0.4, -0.2) is 28.3 Å². The van der Waals surface area contributed by atoms with Crippen molar-refractivity contribution in [2.24, 2.45) is 0 Å². The maximum atomic E-state index is 13.9. The van der Waals surface area contributed by atoms with Crippen molar-refractivity contribution in [3.63, 3.8) is 0 Å². The van der Waals surface area contributed by atoms with Gasteiger partial charge in [0.05, 0.1) is 12.2 Å². The van der Waals surface area contributed by atoms with E-state index >= 15 is 0 Å². The fourth-order valence-electron chi connectivity index (χ4n) is 0.947. The van der Waals surface area contributed by atoms with Crippen molar-refractivity contribution in [2.45, 2.75) is 45.6 Å². The lowest BCUT2D eigenvalue weighted by Gasteiger charge is -2.29. The van der Waals surface area contributed by atoms with Crippen molar-refractivity contribution in [3.05, 3.63) is 0 Å². The van der Waals surface area contributed by atoms with E-state index in [2.05, 4.69) is 12.2 Å². The quantitative estimate of drug-likeness (QED) is 0.539. The summed E-state index contributed by atoms with van der Waals surface area (Å²) < 4.78 is 48.9. The third-order valence-electron chi connectivity index (χ3n) is 1.47. The van der Waals surface area contributed by atoms with E-state index in [0.717, 1.165) is 0 Å². The molecule has 0 saturated heterocycles. The molecule has 0 aliphatic rings. The molecule has 0 unspecified atom stereocenters. The summed E-state index contributed by atoms with van der Waals surface area (Å²) in [5, 5.41) is 0. The first kappa shape index (κ1) is 17.4. The SMILES string of the molecule is CSC(=S)C(F)(F)P(=O)(OC(C)C)OC(C)C. The predicted octanol–water partition coefficient (Wildman–Crippen LogP) is 4.31. The van der Waals surface area contributed by atoms with Crippen molar-refractivity contribution in [3.8, 4) is 0 Å². The van der Waals surface area contributed by atoms with Crippen LogP contribution < -0.4 is 0 Å². The Kier molecular flexibility index (Phi) is 6.74. The van der Waals surface area contributed by atoms with Gasteiger partial charge in [-0.25, -0.2) is 0 Å². The minimum absolute atomic E-state index is 0.643. The number of alkyl halides is 2. The zero-order chi connectivity index (χ0) is 13.9. The highest BCUT2D eigenvalue weighted by Gasteiger charge is 2.57. The Morgan fingerprint density at radius 2 is 1.59 bits per heavy atom. The first-order chi connectivity index (χ1) is 7.56. The van der Waals surface area contributed by atoms with Gasteiger partial charge in [-0.3, -0.25) is 4.57 Å². The zero-order valence-corrected chi connectivity index (χ0v) is 12.9. The van der Waals surface area contributed by atoms with Gasteiger partial charge in [0.25, 0.3) is 0 Å². The number of rotatable bonds is 6. The van der Waals surface area contributed by atoms with Crippen LogP contribution >= 0.6 is 31.6 Å². The average Bonchev–Trinajstić information content (AvgIpc) is 2.13. The van der Waals surface area contributed by atoms with E-state index < -0.39 is 29.7 Å². The van der Waals surface area contributed by atoms with E-state index in [9.17, 15) is 13.3 Å². The second kappa shape index (κ2) is 6.57. The second-order valence-corrected chi connectivity index (χ2v) is 7.30. The van der Waals surface area contributed by atoms with E-state index in [0.29, 0.717) is 11.8 Å². The molecule has 0 saturated carbocycles. The van der Waals surface area contributed by atoms with Gasteiger partial charge >= 0.3 is 13.3 Å². The van der Waals surface area contributed by atoms with E-state index in [4.69, 9.17) is 9.05 Å². The van der Waals surface area contributed by atoms with Crippen LogP contribution in [0.5, 0.6) is 0 Å². The van der Waals surface area contributed by atoms with Crippen LogP contribution in [0.15, 0.2) is 0 Å². The largest absolute Gasteiger partial charge is 0.406 e. The van der Waals surface area contributed by atoms with Gasteiger partial charge in [0.1, 0.15) is 4.20 Å². The molecule has 0 heterocycles. The molecule has 3 nitrogen and oxygen atoms in total. The molecule has 0 fully saturated rings. The fraction of sp³-hybridized carbons (Fsp3) is 0.889. The molecule has 102 valence electrons. The van der Waals surface area contributed by atoms with Crippen molar-refractivity contribution < 1.29 is 22.4 Å². The lowest BCUT2D eigenvalue weighted by Crippen LogP contribution is -2.29. The lowest BCUT2D eigenvalue weighted by atomic mass is 10.5. The smallest absolute Gasteiger partial charge is 0.301 e. The van der Waals surface area contributed by atoms with Gasteiger partial charge in [0.15, 0.2) is 0 Å². The normalized spacial score (nSPS) is 13.5. The molecule has 0 aromatic heterocycles. The molecule has 17 heavy (non-hydrogen) atoms. The molecule has 0 aromatic carbocycles. The Labute approximate surface area is 110 Å². The molecule has 0 bridgehead atoms. The average molecular weight is 306 g/mol. The highest BCUT2D eigenvalue weighted by atomic mass is 32.2. The van der Waals surface area contributed by atoms with E-state index in [-0.39, 0.29) is 0 Å². The third kappa shape index (κ3) is 4.56. The summed E-state index contributed by atoms with van der Waals surface area (Å²) in [5.41, 5.74) is -3.77. The fourth-order valence-corrected chi connectivity index (χ4v) is 3.79. The minimum Gasteiger partial charge on any atom is -0.301 e.